The van der Waals surface area contributed by atoms with Gasteiger partial charge in [0.15, 0.2) is 0 Å². The third-order valence-electron chi connectivity index (χ3n) is 2.47. The summed E-state index contributed by atoms with van der Waals surface area (Å²) in [4.78, 5) is 0. The van der Waals surface area contributed by atoms with Crippen molar-refractivity contribution in [1.29, 1.82) is 0 Å². The van der Waals surface area contributed by atoms with Gasteiger partial charge in [-0.15, -0.1) is 0 Å². The Kier molecular flexibility index (Phi) is 4.58. The van der Waals surface area contributed by atoms with E-state index in [9.17, 15) is 0 Å². The molecule has 2 N–H and O–H groups in total. The van der Waals surface area contributed by atoms with Gasteiger partial charge in [-0.25, -0.2) is 0 Å². The molecule has 1 fully saturated rings. The van der Waals surface area contributed by atoms with Crippen LogP contribution in [0.4, 0.5) is 0 Å². The third-order valence-corrected chi connectivity index (χ3v) is 2.47. The Morgan fingerprint density at radius 2 is 2.50 bits per heavy atom. The zero-order valence-electron chi connectivity index (χ0n) is 8.10. The minimum Gasteiger partial charge on any atom is -0.379 e. The van der Waals surface area contributed by atoms with Crippen LogP contribution in [0.3, 0.4) is 0 Å². The normalized spacial score (nSPS) is 27.0. The Morgan fingerprint density at radius 1 is 1.67 bits per heavy atom. The molecule has 0 saturated carbocycles. The second kappa shape index (κ2) is 5.51. The summed E-state index contributed by atoms with van der Waals surface area (Å²) < 4.78 is 5.38. The van der Waals surface area contributed by atoms with E-state index in [1.54, 1.807) is 0 Å². The Bertz CT molecular complexity index is 109. The lowest BCUT2D eigenvalue weighted by molar-refractivity contribution is 0.0707. The zero-order valence-corrected chi connectivity index (χ0v) is 8.10. The first-order valence-corrected chi connectivity index (χ1v) is 4.85. The summed E-state index contributed by atoms with van der Waals surface area (Å²) in [6, 6.07) is 1.18. The van der Waals surface area contributed by atoms with Gasteiger partial charge in [-0.1, -0.05) is 6.92 Å². The minimum atomic E-state index is 0.552. The van der Waals surface area contributed by atoms with Crippen molar-refractivity contribution >= 4 is 0 Å². The highest BCUT2D eigenvalue weighted by molar-refractivity contribution is 4.76. The summed E-state index contributed by atoms with van der Waals surface area (Å²) >= 11 is 0. The van der Waals surface area contributed by atoms with Crippen LogP contribution in [0.1, 0.15) is 19.8 Å². The van der Waals surface area contributed by atoms with Crippen LogP contribution in [0.25, 0.3) is 0 Å². The lowest BCUT2D eigenvalue weighted by atomic mass is 10.1. The summed E-state index contributed by atoms with van der Waals surface area (Å²) in [6.45, 7) is 4.96. The molecule has 2 atom stereocenters. The molecule has 0 aliphatic carbocycles. The topological polar surface area (TPSA) is 33.3 Å². The first kappa shape index (κ1) is 9.96. The highest BCUT2D eigenvalue weighted by Crippen LogP contribution is 2.04. The van der Waals surface area contributed by atoms with E-state index in [1.807, 2.05) is 7.05 Å². The molecule has 3 nitrogen and oxygen atoms in total. The quantitative estimate of drug-likeness (QED) is 0.642. The molecular weight excluding hydrogens is 152 g/mol. The van der Waals surface area contributed by atoms with Gasteiger partial charge < -0.3 is 15.4 Å². The summed E-state index contributed by atoms with van der Waals surface area (Å²) in [6.07, 6.45) is 2.36. The van der Waals surface area contributed by atoms with Crippen molar-refractivity contribution in [3.63, 3.8) is 0 Å². The molecule has 0 aromatic heterocycles. The van der Waals surface area contributed by atoms with Crippen molar-refractivity contribution in [2.24, 2.45) is 0 Å². The van der Waals surface area contributed by atoms with Crippen LogP contribution in [0.2, 0.25) is 0 Å². The monoisotopic (exact) mass is 172 g/mol. The Morgan fingerprint density at radius 3 is 3.00 bits per heavy atom. The molecule has 0 aromatic carbocycles. The summed E-state index contributed by atoms with van der Waals surface area (Å²) in [5.74, 6) is 0. The van der Waals surface area contributed by atoms with Gasteiger partial charge in [0.05, 0.1) is 13.2 Å². The molecule has 0 spiro atoms. The fourth-order valence-corrected chi connectivity index (χ4v) is 1.60. The van der Waals surface area contributed by atoms with Crippen LogP contribution in [-0.4, -0.2) is 38.9 Å². The molecule has 0 amide bonds. The lowest BCUT2D eigenvalue weighted by Gasteiger charge is -2.27. The Labute approximate surface area is 74.9 Å². The molecule has 3 heteroatoms. The predicted molar refractivity (Wildman–Crippen MR) is 50.4 cm³/mol. The van der Waals surface area contributed by atoms with Gasteiger partial charge in [0.2, 0.25) is 0 Å². The third kappa shape index (κ3) is 3.09. The second-order valence-corrected chi connectivity index (χ2v) is 3.36. The highest BCUT2D eigenvalue weighted by atomic mass is 16.5. The fourth-order valence-electron chi connectivity index (χ4n) is 1.60. The van der Waals surface area contributed by atoms with Crippen molar-refractivity contribution in [1.82, 2.24) is 10.6 Å². The van der Waals surface area contributed by atoms with Crippen LogP contribution >= 0.6 is 0 Å². The van der Waals surface area contributed by atoms with Crippen molar-refractivity contribution in [3.05, 3.63) is 0 Å². The minimum absolute atomic E-state index is 0.552. The van der Waals surface area contributed by atoms with Gasteiger partial charge >= 0.3 is 0 Å². The van der Waals surface area contributed by atoms with E-state index in [-0.39, 0.29) is 0 Å². The zero-order chi connectivity index (χ0) is 8.81. The number of rotatable bonds is 4. The molecular formula is C9H20N2O. The second-order valence-electron chi connectivity index (χ2n) is 3.36. The van der Waals surface area contributed by atoms with E-state index < -0.39 is 0 Å². The summed E-state index contributed by atoms with van der Waals surface area (Å²) in [7, 11) is 2.03. The van der Waals surface area contributed by atoms with E-state index in [1.165, 1.54) is 12.8 Å². The van der Waals surface area contributed by atoms with E-state index in [0.717, 1.165) is 19.8 Å². The molecule has 1 aliphatic heterocycles. The maximum absolute atomic E-state index is 5.38. The van der Waals surface area contributed by atoms with Gasteiger partial charge in [0.1, 0.15) is 0 Å². The molecule has 12 heavy (non-hydrogen) atoms. The van der Waals surface area contributed by atoms with Crippen LogP contribution in [-0.2, 0) is 4.74 Å². The molecule has 0 radical (unpaired) electrons. The van der Waals surface area contributed by atoms with E-state index in [2.05, 4.69) is 17.6 Å². The molecule has 1 aliphatic rings. The average molecular weight is 172 g/mol. The maximum Gasteiger partial charge on any atom is 0.0620 e. The van der Waals surface area contributed by atoms with Gasteiger partial charge in [-0.05, 0) is 19.9 Å². The van der Waals surface area contributed by atoms with Gasteiger partial charge in [-0.2, -0.15) is 0 Å². The lowest BCUT2D eigenvalue weighted by Crippen LogP contribution is -2.45. The maximum atomic E-state index is 5.38. The predicted octanol–water partition coefficient (Wildman–Crippen LogP) is 0.363. The van der Waals surface area contributed by atoms with Crippen molar-refractivity contribution < 1.29 is 4.74 Å². The van der Waals surface area contributed by atoms with Crippen LogP contribution < -0.4 is 10.6 Å². The van der Waals surface area contributed by atoms with Crippen molar-refractivity contribution in [2.45, 2.75) is 31.8 Å². The molecule has 1 heterocycles. The average Bonchev–Trinajstić information content (AvgIpc) is 2.16. The molecule has 0 aromatic rings. The van der Waals surface area contributed by atoms with Crippen LogP contribution in [0.5, 0.6) is 0 Å². The largest absolute Gasteiger partial charge is 0.379 e. The van der Waals surface area contributed by atoms with Crippen LogP contribution in [0.15, 0.2) is 0 Å². The summed E-state index contributed by atoms with van der Waals surface area (Å²) in [5, 5.41) is 6.76. The van der Waals surface area contributed by atoms with Gasteiger partial charge in [0.25, 0.3) is 0 Å². The van der Waals surface area contributed by atoms with E-state index >= 15 is 0 Å². The Balaban J connectivity index is 2.18. The number of morpholine rings is 1. The summed E-state index contributed by atoms with van der Waals surface area (Å²) in [5.41, 5.74) is 0. The standard InChI is InChI=1S/C9H20N2O/c1-3-8(10-2)6-9-7-12-5-4-11-9/h8-11H,3-7H2,1-2H3. The Hall–Kier alpha value is -0.120. The molecule has 2 unspecified atom stereocenters. The number of hydrogen-bond acceptors (Lipinski definition) is 3. The molecule has 72 valence electrons. The molecule has 1 saturated heterocycles. The van der Waals surface area contributed by atoms with E-state index in [0.29, 0.717) is 12.1 Å². The molecule has 0 bridgehead atoms. The van der Waals surface area contributed by atoms with Crippen LogP contribution in [0, 0.1) is 0 Å². The van der Waals surface area contributed by atoms with Gasteiger partial charge in [0, 0.05) is 18.6 Å². The SMILES string of the molecule is CCC(CC1COCCN1)NC. The highest BCUT2D eigenvalue weighted by Gasteiger charge is 2.16. The molecule has 1 rings (SSSR count). The van der Waals surface area contributed by atoms with E-state index in [4.69, 9.17) is 4.74 Å². The first-order chi connectivity index (χ1) is 5.86. The number of hydrogen-bond donors (Lipinski definition) is 2. The number of nitrogens with one attached hydrogen (secondary N) is 2. The van der Waals surface area contributed by atoms with Crippen molar-refractivity contribution in [3.8, 4) is 0 Å². The van der Waals surface area contributed by atoms with Gasteiger partial charge in [-0.3, -0.25) is 0 Å². The first-order valence-electron chi connectivity index (χ1n) is 4.85. The number of ether oxygens (including phenoxy) is 1. The smallest absolute Gasteiger partial charge is 0.0620 e. The fraction of sp³-hybridized carbons (Fsp3) is 1.00. The van der Waals surface area contributed by atoms with Crippen molar-refractivity contribution in [2.75, 3.05) is 26.8 Å².